The highest BCUT2D eigenvalue weighted by molar-refractivity contribution is 6.27. The monoisotopic (exact) mass is 634 g/mol. The van der Waals surface area contributed by atoms with Crippen LogP contribution in [0.5, 0.6) is 0 Å². The number of rotatable bonds is 4. The van der Waals surface area contributed by atoms with Crippen LogP contribution in [0.25, 0.3) is 98.6 Å². The zero-order chi connectivity index (χ0) is 33.0. The van der Waals surface area contributed by atoms with Gasteiger partial charge in [-0.05, 0) is 113 Å². The number of hydrogen-bond donors (Lipinski definition) is 0. The number of nitrogens with zero attached hydrogens (tertiary/aromatic N) is 2. The molecule has 2 heteroatoms. The van der Waals surface area contributed by atoms with Gasteiger partial charge < -0.3 is 0 Å². The molecule has 0 N–H and O–H groups in total. The van der Waals surface area contributed by atoms with Crippen LogP contribution in [0.4, 0.5) is 0 Å². The topological polar surface area (TPSA) is 25.8 Å². The van der Waals surface area contributed by atoms with Crippen molar-refractivity contribution in [2.24, 2.45) is 0 Å². The normalized spacial score (nSPS) is 11.6. The molecule has 2 nitrogen and oxygen atoms in total. The second kappa shape index (κ2) is 11.5. The predicted molar refractivity (Wildman–Crippen MR) is 211 cm³/mol. The van der Waals surface area contributed by atoms with E-state index in [1.54, 1.807) is 0 Å². The van der Waals surface area contributed by atoms with E-state index in [-0.39, 0.29) is 0 Å². The maximum Gasteiger partial charge on any atom is 0.0717 e. The van der Waals surface area contributed by atoms with Gasteiger partial charge in [-0.2, -0.15) is 0 Å². The summed E-state index contributed by atoms with van der Waals surface area (Å²) in [5.41, 5.74) is 8.91. The highest BCUT2D eigenvalue weighted by Gasteiger charge is 2.21. The second-order valence-electron chi connectivity index (χ2n) is 12.9. The van der Waals surface area contributed by atoms with Crippen molar-refractivity contribution in [2.45, 2.75) is 0 Å². The lowest BCUT2D eigenvalue weighted by molar-refractivity contribution is 1.28. The van der Waals surface area contributed by atoms with Gasteiger partial charge in [0.05, 0.1) is 11.4 Å². The van der Waals surface area contributed by atoms with Crippen molar-refractivity contribution in [3.63, 3.8) is 0 Å². The minimum absolute atomic E-state index is 0.919. The van der Waals surface area contributed by atoms with Gasteiger partial charge in [-0.25, -0.2) is 0 Å². The molecule has 8 aromatic carbocycles. The Morgan fingerprint density at radius 1 is 0.300 bits per heavy atom. The zero-order valence-electron chi connectivity index (χ0n) is 27.2. The Balaban J connectivity index is 1.32. The molecule has 0 saturated carbocycles. The Morgan fingerprint density at radius 2 is 0.900 bits per heavy atom. The van der Waals surface area contributed by atoms with Gasteiger partial charge in [-0.15, -0.1) is 0 Å². The van der Waals surface area contributed by atoms with Crippen molar-refractivity contribution < 1.29 is 0 Å². The lowest BCUT2D eigenvalue weighted by Gasteiger charge is -2.21. The van der Waals surface area contributed by atoms with Crippen LogP contribution in [0.2, 0.25) is 0 Å². The highest BCUT2D eigenvalue weighted by Crippen LogP contribution is 2.48. The minimum Gasteiger partial charge on any atom is -0.256 e. The number of fused-ring (bicyclic) bond motifs is 6. The Bertz CT molecular complexity index is 2900. The van der Waals surface area contributed by atoms with Gasteiger partial charge >= 0.3 is 0 Å². The summed E-state index contributed by atoms with van der Waals surface area (Å²) in [6.07, 6.45) is 3.75. The SMILES string of the molecule is c1ccc(-c2ccc(-c3ccc4c(-c5cc6ccccc6c6ccccc56)c5ccccc5c(-c5cccc6ccccc56)c4c3)nc2)nc1. The molecule has 10 rings (SSSR count). The molecule has 232 valence electrons. The first-order valence-electron chi connectivity index (χ1n) is 17.1. The first-order chi connectivity index (χ1) is 24.8. The van der Waals surface area contributed by atoms with Crippen molar-refractivity contribution >= 4 is 53.9 Å². The molecular formula is C48H30N2. The first-order valence-corrected chi connectivity index (χ1v) is 17.1. The third-order valence-electron chi connectivity index (χ3n) is 10.1. The van der Waals surface area contributed by atoms with Crippen LogP contribution in [0, 0.1) is 0 Å². The number of pyridine rings is 2. The van der Waals surface area contributed by atoms with Crippen LogP contribution >= 0.6 is 0 Å². The van der Waals surface area contributed by atoms with E-state index >= 15 is 0 Å². The Kier molecular flexibility index (Phi) is 6.53. The van der Waals surface area contributed by atoms with Crippen LogP contribution in [0.1, 0.15) is 0 Å². The molecule has 0 saturated heterocycles. The molecule has 0 amide bonds. The molecular weight excluding hydrogens is 605 g/mol. The fourth-order valence-corrected chi connectivity index (χ4v) is 7.87. The second-order valence-corrected chi connectivity index (χ2v) is 12.9. The van der Waals surface area contributed by atoms with Gasteiger partial charge in [-0.3, -0.25) is 9.97 Å². The van der Waals surface area contributed by atoms with E-state index in [1.807, 2.05) is 30.6 Å². The number of hydrogen-bond acceptors (Lipinski definition) is 2. The summed E-state index contributed by atoms with van der Waals surface area (Å²) in [6.45, 7) is 0. The fraction of sp³-hybridized carbons (Fsp3) is 0. The summed E-state index contributed by atoms with van der Waals surface area (Å²) in [5.74, 6) is 0. The lowest BCUT2D eigenvalue weighted by atomic mass is 9.82. The standard InChI is InChI=1S/C48H30N2/c1-3-15-35-31(12-1)14-11-21-39(35)47-40-19-7-8-20-41(40)48(43-28-32-13-2-4-16-36(32)37-17-5-6-18-38(37)43)42-25-23-33(29-44(42)47)46-26-24-34(30-50-46)45-22-9-10-27-49-45/h1-30H. The van der Waals surface area contributed by atoms with E-state index in [0.717, 1.165) is 22.5 Å². The van der Waals surface area contributed by atoms with E-state index in [0.29, 0.717) is 0 Å². The van der Waals surface area contributed by atoms with Crippen molar-refractivity contribution in [2.75, 3.05) is 0 Å². The average Bonchev–Trinajstić information content (AvgIpc) is 3.20. The van der Waals surface area contributed by atoms with Gasteiger partial charge in [0, 0.05) is 23.5 Å². The van der Waals surface area contributed by atoms with Crippen molar-refractivity contribution in [1.29, 1.82) is 0 Å². The van der Waals surface area contributed by atoms with E-state index < -0.39 is 0 Å². The van der Waals surface area contributed by atoms with E-state index in [9.17, 15) is 0 Å². The molecule has 2 heterocycles. The Morgan fingerprint density at radius 3 is 1.66 bits per heavy atom. The number of aromatic nitrogens is 2. The fourth-order valence-electron chi connectivity index (χ4n) is 7.87. The van der Waals surface area contributed by atoms with E-state index in [4.69, 9.17) is 4.98 Å². The number of benzene rings is 8. The van der Waals surface area contributed by atoms with Gasteiger partial charge in [-0.1, -0.05) is 133 Å². The molecule has 10 aromatic rings. The van der Waals surface area contributed by atoms with Gasteiger partial charge in [0.15, 0.2) is 0 Å². The molecule has 0 spiro atoms. The summed E-state index contributed by atoms with van der Waals surface area (Å²) in [4.78, 5) is 9.49. The summed E-state index contributed by atoms with van der Waals surface area (Å²) in [6, 6.07) is 61.4. The summed E-state index contributed by atoms with van der Waals surface area (Å²) in [5, 5.41) is 12.4. The minimum atomic E-state index is 0.919. The molecule has 2 aromatic heterocycles. The van der Waals surface area contributed by atoms with Crippen LogP contribution in [0.15, 0.2) is 182 Å². The maximum absolute atomic E-state index is 4.96. The average molecular weight is 635 g/mol. The van der Waals surface area contributed by atoms with Gasteiger partial charge in [0.2, 0.25) is 0 Å². The molecule has 0 aliphatic heterocycles. The van der Waals surface area contributed by atoms with E-state index in [2.05, 4.69) is 157 Å². The maximum atomic E-state index is 4.96. The smallest absolute Gasteiger partial charge is 0.0717 e. The zero-order valence-corrected chi connectivity index (χ0v) is 27.2. The summed E-state index contributed by atoms with van der Waals surface area (Å²) >= 11 is 0. The van der Waals surface area contributed by atoms with Crippen LogP contribution in [0.3, 0.4) is 0 Å². The molecule has 0 aliphatic rings. The highest BCUT2D eigenvalue weighted by atomic mass is 14.7. The predicted octanol–water partition coefficient (Wildman–Crippen LogP) is 12.9. The molecule has 0 unspecified atom stereocenters. The Labute approximate surface area is 290 Å². The van der Waals surface area contributed by atoms with Crippen molar-refractivity contribution in [3.8, 4) is 44.8 Å². The Hall–Kier alpha value is -6.64. The van der Waals surface area contributed by atoms with Crippen LogP contribution < -0.4 is 0 Å². The van der Waals surface area contributed by atoms with Crippen molar-refractivity contribution in [1.82, 2.24) is 9.97 Å². The molecule has 0 atom stereocenters. The third-order valence-corrected chi connectivity index (χ3v) is 10.1. The lowest BCUT2D eigenvalue weighted by Crippen LogP contribution is -1.94. The molecule has 0 bridgehead atoms. The summed E-state index contributed by atoms with van der Waals surface area (Å²) in [7, 11) is 0. The molecule has 0 aliphatic carbocycles. The van der Waals surface area contributed by atoms with Gasteiger partial charge in [0.1, 0.15) is 0 Å². The molecule has 0 fully saturated rings. The molecule has 50 heavy (non-hydrogen) atoms. The largest absolute Gasteiger partial charge is 0.256 e. The summed E-state index contributed by atoms with van der Waals surface area (Å²) < 4.78 is 0. The molecule has 0 radical (unpaired) electrons. The third kappa shape index (κ3) is 4.50. The van der Waals surface area contributed by atoms with Crippen molar-refractivity contribution in [3.05, 3.63) is 182 Å². The van der Waals surface area contributed by atoms with Crippen LogP contribution in [-0.4, -0.2) is 9.97 Å². The van der Waals surface area contributed by atoms with E-state index in [1.165, 1.54) is 76.1 Å². The quantitative estimate of drug-likeness (QED) is 0.142. The first kappa shape index (κ1) is 28.4. The van der Waals surface area contributed by atoms with Crippen LogP contribution in [-0.2, 0) is 0 Å². The van der Waals surface area contributed by atoms with Gasteiger partial charge in [0.25, 0.3) is 0 Å².